The SMILES string of the molecule is C=C(C1CCC(C)CC1)C(C(C)C1CCC(C)CC1)C1CCCC(C)CC1C. The Labute approximate surface area is 177 Å². The van der Waals surface area contributed by atoms with Crippen LogP contribution in [0.1, 0.15) is 112 Å². The van der Waals surface area contributed by atoms with Crippen LogP contribution in [0.5, 0.6) is 0 Å². The van der Waals surface area contributed by atoms with Crippen LogP contribution in [0.15, 0.2) is 12.2 Å². The van der Waals surface area contributed by atoms with Crippen molar-refractivity contribution in [3.8, 4) is 0 Å². The van der Waals surface area contributed by atoms with Crippen molar-refractivity contribution in [1.29, 1.82) is 0 Å². The lowest BCUT2D eigenvalue weighted by Crippen LogP contribution is -2.36. The van der Waals surface area contributed by atoms with Gasteiger partial charge in [-0.05, 0) is 91.8 Å². The molecule has 5 unspecified atom stereocenters. The number of allylic oxidation sites excluding steroid dienone is 1. The van der Waals surface area contributed by atoms with Gasteiger partial charge in [-0.3, -0.25) is 0 Å². The van der Waals surface area contributed by atoms with Crippen molar-refractivity contribution in [1.82, 2.24) is 0 Å². The minimum absolute atomic E-state index is 0.789. The molecule has 3 aliphatic carbocycles. The molecule has 28 heavy (non-hydrogen) atoms. The molecule has 0 heterocycles. The molecule has 0 spiro atoms. The van der Waals surface area contributed by atoms with Crippen LogP contribution >= 0.6 is 0 Å². The standard InChI is InChI=1S/C28H50/c1-19-10-14-25(15-11-19)23(5)28(24(6)26-16-12-20(2)13-17-26)27-9-7-8-21(3)18-22(27)4/h19-22,24-28H,5,7-18H2,1-4,6H3. The van der Waals surface area contributed by atoms with Gasteiger partial charge in [0.25, 0.3) is 0 Å². The molecule has 0 heteroatoms. The third-order valence-corrected chi connectivity index (χ3v) is 9.54. The maximum Gasteiger partial charge on any atom is -0.0144 e. The van der Waals surface area contributed by atoms with Crippen molar-refractivity contribution >= 4 is 0 Å². The van der Waals surface area contributed by atoms with Crippen molar-refractivity contribution in [2.45, 2.75) is 112 Å². The van der Waals surface area contributed by atoms with Crippen LogP contribution in [0.3, 0.4) is 0 Å². The van der Waals surface area contributed by atoms with E-state index in [4.69, 9.17) is 6.58 Å². The molecule has 3 saturated carbocycles. The van der Waals surface area contributed by atoms with Crippen LogP contribution in [-0.2, 0) is 0 Å². The fraction of sp³-hybridized carbons (Fsp3) is 0.929. The van der Waals surface area contributed by atoms with Crippen molar-refractivity contribution in [3.05, 3.63) is 12.2 Å². The van der Waals surface area contributed by atoms with Gasteiger partial charge in [0.05, 0.1) is 0 Å². The molecule has 162 valence electrons. The van der Waals surface area contributed by atoms with Crippen molar-refractivity contribution < 1.29 is 0 Å². The second-order valence-corrected chi connectivity index (χ2v) is 11.8. The lowest BCUT2D eigenvalue weighted by Gasteiger charge is -2.44. The molecule has 0 aromatic carbocycles. The summed E-state index contributed by atoms with van der Waals surface area (Å²) in [7, 11) is 0. The first-order chi connectivity index (χ1) is 13.4. The molecular formula is C28H50. The Balaban J connectivity index is 1.79. The van der Waals surface area contributed by atoms with E-state index in [1.165, 1.54) is 77.0 Å². The Morgan fingerprint density at radius 2 is 1.29 bits per heavy atom. The van der Waals surface area contributed by atoms with E-state index in [-0.39, 0.29) is 0 Å². The molecule has 0 aromatic rings. The molecule has 3 rings (SSSR count). The highest BCUT2D eigenvalue weighted by Crippen LogP contribution is 2.49. The predicted octanol–water partition coefficient (Wildman–Crippen LogP) is 8.91. The van der Waals surface area contributed by atoms with Crippen LogP contribution in [0.25, 0.3) is 0 Å². The van der Waals surface area contributed by atoms with Crippen LogP contribution in [0, 0.1) is 53.3 Å². The predicted molar refractivity (Wildman–Crippen MR) is 124 cm³/mol. The summed E-state index contributed by atoms with van der Waals surface area (Å²) in [5, 5.41) is 0. The van der Waals surface area contributed by atoms with E-state index in [9.17, 15) is 0 Å². The van der Waals surface area contributed by atoms with E-state index in [0.29, 0.717) is 0 Å². The first kappa shape index (κ1) is 22.4. The van der Waals surface area contributed by atoms with Crippen LogP contribution in [-0.4, -0.2) is 0 Å². The fourth-order valence-corrected chi connectivity index (χ4v) is 7.46. The Bertz CT molecular complexity index is 474. The second-order valence-electron chi connectivity index (χ2n) is 11.8. The zero-order valence-corrected chi connectivity index (χ0v) is 19.9. The molecule has 0 amide bonds. The summed E-state index contributed by atoms with van der Waals surface area (Å²) in [6.45, 7) is 17.5. The first-order valence-electron chi connectivity index (χ1n) is 13.0. The highest BCUT2D eigenvalue weighted by Gasteiger charge is 2.40. The van der Waals surface area contributed by atoms with E-state index in [2.05, 4.69) is 34.6 Å². The number of rotatable bonds is 5. The van der Waals surface area contributed by atoms with E-state index >= 15 is 0 Å². The second kappa shape index (κ2) is 10.2. The van der Waals surface area contributed by atoms with Gasteiger partial charge in [-0.15, -0.1) is 0 Å². The van der Waals surface area contributed by atoms with Crippen LogP contribution in [0.4, 0.5) is 0 Å². The summed E-state index contributed by atoms with van der Waals surface area (Å²) < 4.78 is 0. The lowest BCUT2D eigenvalue weighted by molar-refractivity contribution is 0.109. The molecule has 3 fully saturated rings. The average molecular weight is 387 g/mol. The molecule has 0 radical (unpaired) electrons. The van der Waals surface area contributed by atoms with Crippen molar-refractivity contribution in [2.75, 3.05) is 0 Å². The molecule has 0 N–H and O–H groups in total. The lowest BCUT2D eigenvalue weighted by atomic mass is 9.61. The van der Waals surface area contributed by atoms with Gasteiger partial charge in [-0.25, -0.2) is 0 Å². The van der Waals surface area contributed by atoms with Gasteiger partial charge >= 0.3 is 0 Å². The van der Waals surface area contributed by atoms with Crippen molar-refractivity contribution in [2.24, 2.45) is 53.3 Å². The highest BCUT2D eigenvalue weighted by molar-refractivity contribution is 5.12. The molecular weight excluding hydrogens is 336 g/mol. The van der Waals surface area contributed by atoms with Gasteiger partial charge in [-0.2, -0.15) is 0 Å². The fourth-order valence-electron chi connectivity index (χ4n) is 7.46. The Morgan fingerprint density at radius 3 is 1.89 bits per heavy atom. The van der Waals surface area contributed by atoms with Gasteiger partial charge < -0.3 is 0 Å². The Kier molecular flexibility index (Phi) is 8.14. The van der Waals surface area contributed by atoms with Gasteiger partial charge in [-0.1, -0.05) is 85.3 Å². The van der Waals surface area contributed by atoms with E-state index in [0.717, 1.165) is 53.3 Å². The molecule has 0 aromatic heterocycles. The summed E-state index contributed by atoms with van der Waals surface area (Å²) in [6.07, 6.45) is 17.4. The molecule has 0 saturated heterocycles. The van der Waals surface area contributed by atoms with E-state index in [1.807, 2.05) is 0 Å². The summed E-state index contributed by atoms with van der Waals surface area (Å²) in [5.74, 6) is 8.01. The first-order valence-corrected chi connectivity index (χ1v) is 13.0. The van der Waals surface area contributed by atoms with Crippen LogP contribution < -0.4 is 0 Å². The summed E-state index contributed by atoms with van der Waals surface area (Å²) in [4.78, 5) is 0. The maximum atomic E-state index is 4.89. The van der Waals surface area contributed by atoms with E-state index in [1.54, 1.807) is 5.57 Å². The smallest absolute Gasteiger partial charge is 0.0144 e. The van der Waals surface area contributed by atoms with Gasteiger partial charge in [0.2, 0.25) is 0 Å². The number of hydrogen-bond acceptors (Lipinski definition) is 0. The zero-order valence-electron chi connectivity index (χ0n) is 19.9. The molecule has 0 bridgehead atoms. The minimum Gasteiger partial charge on any atom is -0.0993 e. The normalized spacial score (nSPS) is 42.4. The topological polar surface area (TPSA) is 0 Å². The molecule has 0 nitrogen and oxygen atoms in total. The third kappa shape index (κ3) is 5.46. The monoisotopic (exact) mass is 386 g/mol. The molecule has 3 aliphatic rings. The molecule has 5 atom stereocenters. The zero-order chi connectivity index (χ0) is 20.3. The van der Waals surface area contributed by atoms with Gasteiger partial charge in [0.15, 0.2) is 0 Å². The summed E-state index contributed by atoms with van der Waals surface area (Å²) >= 11 is 0. The largest absolute Gasteiger partial charge is 0.0993 e. The highest BCUT2D eigenvalue weighted by atomic mass is 14.4. The third-order valence-electron chi connectivity index (χ3n) is 9.54. The number of hydrogen-bond donors (Lipinski definition) is 0. The Hall–Kier alpha value is -0.260. The van der Waals surface area contributed by atoms with Crippen LogP contribution in [0.2, 0.25) is 0 Å². The summed E-state index contributed by atoms with van der Waals surface area (Å²) in [5.41, 5.74) is 1.70. The van der Waals surface area contributed by atoms with Crippen molar-refractivity contribution in [3.63, 3.8) is 0 Å². The molecule has 0 aliphatic heterocycles. The quantitative estimate of drug-likeness (QED) is 0.327. The minimum atomic E-state index is 0.789. The maximum absolute atomic E-state index is 4.89. The Morgan fingerprint density at radius 1 is 0.714 bits per heavy atom. The van der Waals surface area contributed by atoms with E-state index < -0.39 is 0 Å². The van der Waals surface area contributed by atoms with Gasteiger partial charge in [0.1, 0.15) is 0 Å². The summed E-state index contributed by atoms with van der Waals surface area (Å²) in [6, 6.07) is 0. The average Bonchev–Trinajstić information content (AvgIpc) is 2.83. The van der Waals surface area contributed by atoms with Gasteiger partial charge in [0, 0.05) is 0 Å².